The molecule has 1 saturated heterocycles. The number of hydrogen-bond donors (Lipinski definition) is 0. The van der Waals surface area contributed by atoms with Crippen molar-refractivity contribution >= 4 is 17.3 Å². The van der Waals surface area contributed by atoms with Crippen LogP contribution in [0.1, 0.15) is 20.8 Å². The van der Waals surface area contributed by atoms with Crippen molar-refractivity contribution in [2.24, 2.45) is 0 Å². The van der Waals surface area contributed by atoms with Crippen LogP contribution < -0.4 is 0 Å². The Balaban J connectivity index is 2.06. The van der Waals surface area contributed by atoms with Gasteiger partial charge in [0.15, 0.2) is 10.1 Å². The van der Waals surface area contributed by atoms with E-state index < -0.39 is 22.9 Å². The second-order valence-corrected chi connectivity index (χ2v) is 8.11. The van der Waals surface area contributed by atoms with Gasteiger partial charge in [0.05, 0.1) is 19.8 Å². The van der Waals surface area contributed by atoms with Crippen LogP contribution in [-0.2, 0) is 20.6 Å². The highest BCUT2D eigenvalue weighted by Crippen LogP contribution is 2.20. The van der Waals surface area contributed by atoms with Gasteiger partial charge in [-0.05, 0) is 56.2 Å². The molecule has 0 bridgehead atoms. The molecular formula is C16H22FNO4S. The molecule has 2 rings (SSSR count). The first-order valence-corrected chi connectivity index (χ1v) is 8.69. The van der Waals surface area contributed by atoms with Crippen LogP contribution in [0.3, 0.4) is 0 Å². The Labute approximate surface area is 138 Å². The summed E-state index contributed by atoms with van der Waals surface area (Å²) >= 11 is -1.39. The van der Waals surface area contributed by atoms with E-state index in [0.717, 1.165) is 0 Å². The van der Waals surface area contributed by atoms with Crippen LogP contribution in [0.4, 0.5) is 9.18 Å². The standard InChI is InChI=1S/C16H22FNO4S/c1-16(2,3)22-15(19)18-8-9-21-11-14(10-18)23(20)13-6-4-12(17)5-7-13/h4-7,14H,8-11H2,1-3H3/t14-,23?/m0/s1. The highest BCUT2D eigenvalue weighted by atomic mass is 32.2. The molecule has 0 aliphatic carbocycles. The quantitative estimate of drug-likeness (QED) is 0.774. The minimum absolute atomic E-state index is 0.277. The van der Waals surface area contributed by atoms with E-state index in [1.165, 1.54) is 29.2 Å². The third kappa shape index (κ3) is 5.37. The Morgan fingerprint density at radius 2 is 2.04 bits per heavy atom. The molecule has 1 aliphatic rings. The fraction of sp³-hybridized carbons (Fsp3) is 0.562. The third-order valence-corrected chi connectivity index (χ3v) is 4.86. The van der Waals surface area contributed by atoms with Gasteiger partial charge in [-0.1, -0.05) is 0 Å². The molecule has 0 N–H and O–H groups in total. The normalized spacial score (nSPS) is 20.7. The Kier molecular flexibility index (Phi) is 5.89. The number of benzene rings is 1. The molecule has 0 aromatic heterocycles. The number of halogens is 1. The number of hydrogen-bond acceptors (Lipinski definition) is 4. The molecule has 1 aromatic rings. The van der Waals surface area contributed by atoms with Gasteiger partial charge in [0.1, 0.15) is 11.4 Å². The maximum Gasteiger partial charge on any atom is 0.410 e. The molecule has 1 unspecified atom stereocenters. The molecule has 1 aliphatic heterocycles. The average Bonchev–Trinajstić information content (AvgIpc) is 2.71. The molecule has 1 amide bonds. The number of nitrogens with zero attached hydrogens (tertiary/aromatic N) is 1. The Bertz CT molecular complexity index is 532. The summed E-state index contributed by atoms with van der Waals surface area (Å²) in [5.41, 5.74) is -0.587. The zero-order valence-corrected chi connectivity index (χ0v) is 14.4. The number of carbonyl (C=O) groups excluding carboxylic acids is 1. The van der Waals surface area contributed by atoms with E-state index in [1.54, 1.807) is 20.8 Å². The van der Waals surface area contributed by atoms with Crippen molar-refractivity contribution in [1.29, 1.82) is 0 Å². The molecule has 0 saturated carbocycles. The summed E-state index contributed by atoms with van der Waals surface area (Å²) in [6.45, 7) is 6.72. The van der Waals surface area contributed by atoms with Gasteiger partial charge in [0.25, 0.3) is 0 Å². The molecule has 0 spiro atoms. The maximum atomic E-state index is 13.0. The van der Waals surface area contributed by atoms with E-state index in [1.807, 2.05) is 0 Å². The summed E-state index contributed by atoms with van der Waals surface area (Å²) in [6.07, 6.45) is -0.441. The van der Waals surface area contributed by atoms with Crippen LogP contribution in [0, 0.1) is 5.82 Å². The van der Waals surface area contributed by atoms with Crippen molar-refractivity contribution in [3.8, 4) is 0 Å². The predicted molar refractivity (Wildman–Crippen MR) is 85.2 cm³/mol. The summed E-state index contributed by atoms with van der Waals surface area (Å²) in [7, 11) is 0. The van der Waals surface area contributed by atoms with E-state index in [2.05, 4.69) is 0 Å². The van der Waals surface area contributed by atoms with Gasteiger partial charge in [-0.2, -0.15) is 0 Å². The van der Waals surface area contributed by atoms with E-state index in [0.29, 0.717) is 18.0 Å². The summed E-state index contributed by atoms with van der Waals surface area (Å²) in [4.78, 5) is 14.3. The van der Waals surface area contributed by atoms with Crippen LogP contribution in [0.15, 0.2) is 29.2 Å². The highest BCUT2D eigenvalue weighted by molar-refractivity contribution is 7.92. The zero-order valence-electron chi connectivity index (χ0n) is 13.6. The Morgan fingerprint density at radius 1 is 1.39 bits per heavy atom. The lowest BCUT2D eigenvalue weighted by Gasteiger charge is -2.28. The highest BCUT2D eigenvalue weighted by Gasteiger charge is 2.33. The third-order valence-electron chi connectivity index (χ3n) is 3.23. The predicted octanol–water partition coefficient (Wildman–Crippen LogP) is 2.57. The van der Waals surface area contributed by atoms with Crippen molar-refractivity contribution in [2.45, 2.75) is 36.5 Å². The SMILES string of the molecule is CC(C)(C)OC(=O)N1CCOC[C@@H]([S+]([O-])c2ccc(F)cc2)C1. The first-order valence-electron chi connectivity index (χ1n) is 7.48. The Hall–Kier alpha value is -1.31. The average molecular weight is 343 g/mol. The van der Waals surface area contributed by atoms with E-state index in [4.69, 9.17) is 9.47 Å². The summed E-state index contributed by atoms with van der Waals surface area (Å²) in [5.74, 6) is -0.377. The lowest BCUT2D eigenvalue weighted by molar-refractivity contribution is 0.0244. The molecule has 7 heteroatoms. The van der Waals surface area contributed by atoms with Gasteiger partial charge in [0, 0.05) is 6.54 Å². The minimum Gasteiger partial charge on any atom is -0.611 e. The van der Waals surface area contributed by atoms with Crippen molar-refractivity contribution < 1.29 is 23.2 Å². The molecule has 1 aromatic carbocycles. The van der Waals surface area contributed by atoms with E-state index in [9.17, 15) is 13.7 Å². The summed E-state index contributed by atoms with van der Waals surface area (Å²) in [5, 5.41) is -0.379. The fourth-order valence-corrected chi connectivity index (χ4v) is 3.49. The smallest absolute Gasteiger partial charge is 0.410 e. The van der Waals surface area contributed by atoms with E-state index >= 15 is 0 Å². The van der Waals surface area contributed by atoms with Gasteiger partial charge in [-0.25, -0.2) is 9.18 Å². The van der Waals surface area contributed by atoms with Crippen molar-refractivity contribution in [2.75, 3.05) is 26.3 Å². The molecule has 5 nitrogen and oxygen atoms in total. The van der Waals surface area contributed by atoms with Crippen LogP contribution in [0.2, 0.25) is 0 Å². The van der Waals surface area contributed by atoms with Crippen molar-refractivity contribution in [3.63, 3.8) is 0 Å². The van der Waals surface area contributed by atoms with Gasteiger partial charge >= 0.3 is 6.09 Å². The number of amides is 1. The largest absolute Gasteiger partial charge is 0.611 e. The fourth-order valence-electron chi connectivity index (χ4n) is 2.16. The molecule has 23 heavy (non-hydrogen) atoms. The summed E-state index contributed by atoms with van der Waals surface area (Å²) in [6, 6.07) is 5.54. The second kappa shape index (κ2) is 7.51. The molecular weight excluding hydrogens is 321 g/mol. The lowest BCUT2D eigenvalue weighted by atomic mass is 10.2. The van der Waals surface area contributed by atoms with Gasteiger partial charge in [-0.3, -0.25) is 0 Å². The van der Waals surface area contributed by atoms with Crippen molar-refractivity contribution in [1.82, 2.24) is 4.90 Å². The van der Waals surface area contributed by atoms with Gasteiger partial charge in [-0.15, -0.1) is 0 Å². The topological polar surface area (TPSA) is 61.8 Å². The van der Waals surface area contributed by atoms with Gasteiger partial charge < -0.3 is 18.9 Å². The van der Waals surface area contributed by atoms with Gasteiger partial charge in [0.2, 0.25) is 0 Å². The molecule has 1 heterocycles. The number of rotatable bonds is 2. The minimum atomic E-state index is -1.39. The first-order chi connectivity index (χ1) is 10.8. The molecule has 1 fully saturated rings. The number of carbonyl (C=O) groups is 1. The van der Waals surface area contributed by atoms with Crippen molar-refractivity contribution in [3.05, 3.63) is 30.1 Å². The molecule has 2 atom stereocenters. The van der Waals surface area contributed by atoms with Crippen LogP contribution in [0.25, 0.3) is 0 Å². The monoisotopic (exact) mass is 343 g/mol. The van der Waals surface area contributed by atoms with Crippen LogP contribution >= 0.6 is 0 Å². The van der Waals surface area contributed by atoms with E-state index in [-0.39, 0.29) is 24.2 Å². The molecule has 128 valence electrons. The Morgan fingerprint density at radius 3 is 2.65 bits per heavy atom. The van der Waals surface area contributed by atoms with Crippen LogP contribution in [0.5, 0.6) is 0 Å². The molecule has 0 radical (unpaired) electrons. The number of ether oxygens (including phenoxy) is 2. The lowest BCUT2D eigenvalue weighted by Crippen LogP contribution is -2.43. The maximum absolute atomic E-state index is 13.0. The second-order valence-electron chi connectivity index (χ2n) is 6.37. The summed E-state index contributed by atoms with van der Waals surface area (Å²) < 4.78 is 36.5. The first kappa shape index (κ1) is 18.0. The van der Waals surface area contributed by atoms with Crippen LogP contribution in [-0.4, -0.2) is 52.7 Å². The zero-order chi connectivity index (χ0) is 17.0.